The first-order valence-corrected chi connectivity index (χ1v) is 6.03. The van der Waals surface area contributed by atoms with Gasteiger partial charge in [-0.25, -0.2) is 0 Å². The number of aldehydes is 1. The molecule has 0 unspecified atom stereocenters. The number of aromatic nitrogens is 1. The molecule has 1 aromatic carbocycles. The van der Waals surface area contributed by atoms with Crippen LogP contribution >= 0.6 is 0 Å². The maximum atomic E-state index is 11.4. The van der Waals surface area contributed by atoms with E-state index in [1.165, 1.54) is 0 Å². The van der Waals surface area contributed by atoms with Crippen LogP contribution in [-0.4, -0.2) is 17.5 Å². The van der Waals surface area contributed by atoms with Crippen LogP contribution in [0.5, 0.6) is 5.88 Å². The van der Waals surface area contributed by atoms with Gasteiger partial charge in [-0.05, 0) is 19.4 Å². The number of nitrogens with zero attached hydrogens (tertiary/aromatic N) is 1. The zero-order valence-corrected chi connectivity index (χ0v) is 10.5. The van der Waals surface area contributed by atoms with E-state index < -0.39 is 0 Å². The monoisotopic (exact) mass is 241 g/mol. The summed E-state index contributed by atoms with van der Waals surface area (Å²) in [7, 11) is 0. The van der Waals surface area contributed by atoms with Crippen molar-refractivity contribution in [2.75, 3.05) is 6.61 Å². The second-order valence-electron chi connectivity index (χ2n) is 5.20. The van der Waals surface area contributed by atoms with Gasteiger partial charge >= 0.3 is 0 Å². The van der Waals surface area contributed by atoms with Crippen LogP contribution in [0.25, 0.3) is 11.1 Å². The van der Waals surface area contributed by atoms with Gasteiger partial charge in [0.2, 0.25) is 0 Å². The average Bonchev–Trinajstić information content (AvgIpc) is 2.89. The van der Waals surface area contributed by atoms with Gasteiger partial charge in [-0.3, -0.25) is 4.79 Å². The van der Waals surface area contributed by atoms with Crippen molar-refractivity contribution in [3.05, 3.63) is 42.1 Å². The summed E-state index contributed by atoms with van der Waals surface area (Å²) in [6, 6.07) is 11.9. The van der Waals surface area contributed by atoms with Crippen LogP contribution in [0.4, 0.5) is 0 Å². The van der Waals surface area contributed by atoms with Gasteiger partial charge < -0.3 is 9.30 Å². The van der Waals surface area contributed by atoms with Crippen molar-refractivity contribution in [1.29, 1.82) is 0 Å². The number of carbonyl (C=O) groups excluding carboxylic acids is 1. The molecule has 3 nitrogen and oxygen atoms in total. The largest absolute Gasteiger partial charge is 0.476 e. The SMILES string of the molecule is CC1(C)COc2cc(-c3ccccc3)c(C=O)n21. The van der Waals surface area contributed by atoms with Gasteiger partial charge in [0.05, 0.1) is 11.2 Å². The van der Waals surface area contributed by atoms with Crippen LogP contribution in [0.15, 0.2) is 36.4 Å². The molecule has 0 saturated carbocycles. The van der Waals surface area contributed by atoms with E-state index in [4.69, 9.17) is 4.74 Å². The molecule has 0 atom stereocenters. The highest BCUT2D eigenvalue weighted by molar-refractivity contribution is 5.87. The average molecular weight is 241 g/mol. The predicted molar refractivity (Wildman–Crippen MR) is 70.1 cm³/mol. The molecule has 0 radical (unpaired) electrons. The standard InChI is InChI=1S/C15H15NO2/c1-15(2)10-18-14-8-12(13(9-17)16(14)15)11-6-4-3-5-7-11/h3-9H,10H2,1-2H3. The van der Waals surface area contributed by atoms with Crippen molar-refractivity contribution < 1.29 is 9.53 Å². The Hall–Kier alpha value is -2.03. The van der Waals surface area contributed by atoms with E-state index in [0.717, 1.165) is 23.3 Å². The van der Waals surface area contributed by atoms with Crippen molar-refractivity contribution >= 4 is 6.29 Å². The second kappa shape index (κ2) is 3.73. The van der Waals surface area contributed by atoms with Crippen LogP contribution in [0.3, 0.4) is 0 Å². The minimum Gasteiger partial charge on any atom is -0.476 e. The fraction of sp³-hybridized carbons (Fsp3) is 0.267. The molecule has 0 spiro atoms. The fourth-order valence-electron chi connectivity index (χ4n) is 2.51. The Labute approximate surface area is 106 Å². The molecule has 0 amide bonds. The molecule has 18 heavy (non-hydrogen) atoms. The molecular weight excluding hydrogens is 226 g/mol. The lowest BCUT2D eigenvalue weighted by Crippen LogP contribution is -2.27. The number of carbonyl (C=O) groups is 1. The first kappa shape index (κ1) is 11.1. The van der Waals surface area contributed by atoms with Crippen LogP contribution in [0, 0.1) is 0 Å². The molecule has 1 aromatic heterocycles. The Kier molecular flexibility index (Phi) is 2.30. The number of hydrogen-bond donors (Lipinski definition) is 0. The highest BCUT2D eigenvalue weighted by Crippen LogP contribution is 2.39. The molecule has 3 heteroatoms. The number of hydrogen-bond acceptors (Lipinski definition) is 2. The van der Waals surface area contributed by atoms with Crippen molar-refractivity contribution in [2.45, 2.75) is 19.4 Å². The molecular formula is C15H15NO2. The predicted octanol–water partition coefficient (Wildman–Crippen LogP) is 3.10. The molecule has 0 fully saturated rings. The summed E-state index contributed by atoms with van der Waals surface area (Å²) >= 11 is 0. The van der Waals surface area contributed by atoms with Gasteiger partial charge in [0.15, 0.2) is 12.2 Å². The van der Waals surface area contributed by atoms with Crippen LogP contribution < -0.4 is 4.74 Å². The molecule has 2 heterocycles. The second-order valence-corrected chi connectivity index (χ2v) is 5.20. The first-order valence-electron chi connectivity index (χ1n) is 6.03. The summed E-state index contributed by atoms with van der Waals surface area (Å²) in [5.41, 5.74) is 2.51. The molecule has 1 aliphatic heterocycles. The molecule has 0 N–H and O–H groups in total. The summed E-state index contributed by atoms with van der Waals surface area (Å²) < 4.78 is 7.65. The maximum absolute atomic E-state index is 11.4. The number of fused-ring (bicyclic) bond motifs is 1. The van der Waals surface area contributed by atoms with Gasteiger partial charge in [0, 0.05) is 11.6 Å². The van der Waals surface area contributed by atoms with E-state index in [0.29, 0.717) is 12.3 Å². The van der Waals surface area contributed by atoms with Gasteiger partial charge in [-0.1, -0.05) is 30.3 Å². The summed E-state index contributed by atoms with van der Waals surface area (Å²) in [6.45, 7) is 4.76. The quantitative estimate of drug-likeness (QED) is 0.756. The lowest BCUT2D eigenvalue weighted by molar-refractivity contribution is 0.111. The highest BCUT2D eigenvalue weighted by atomic mass is 16.5. The minimum atomic E-state index is -0.168. The smallest absolute Gasteiger partial charge is 0.195 e. The third-order valence-corrected chi connectivity index (χ3v) is 3.38. The van der Waals surface area contributed by atoms with Gasteiger partial charge in [-0.2, -0.15) is 0 Å². The normalized spacial score (nSPS) is 16.1. The van der Waals surface area contributed by atoms with Gasteiger partial charge in [-0.15, -0.1) is 0 Å². The third-order valence-electron chi connectivity index (χ3n) is 3.38. The minimum absolute atomic E-state index is 0.168. The Morgan fingerprint density at radius 1 is 1.28 bits per heavy atom. The van der Waals surface area contributed by atoms with Gasteiger partial charge in [0.25, 0.3) is 0 Å². The number of benzene rings is 1. The van der Waals surface area contributed by atoms with Crippen molar-refractivity contribution in [2.24, 2.45) is 0 Å². The Morgan fingerprint density at radius 3 is 2.67 bits per heavy atom. The van der Waals surface area contributed by atoms with Crippen LogP contribution in [-0.2, 0) is 5.54 Å². The van der Waals surface area contributed by atoms with Crippen LogP contribution in [0.2, 0.25) is 0 Å². The van der Waals surface area contributed by atoms with E-state index in [2.05, 4.69) is 13.8 Å². The molecule has 2 aromatic rings. The topological polar surface area (TPSA) is 31.2 Å². The number of rotatable bonds is 2. The Balaban J connectivity index is 2.23. The van der Waals surface area contributed by atoms with Crippen LogP contribution in [0.1, 0.15) is 24.3 Å². The van der Waals surface area contributed by atoms with E-state index in [1.807, 2.05) is 41.0 Å². The lowest BCUT2D eigenvalue weighted by atomic mass is 10.0. The molecule has 92 valence electrons. The van der Waals surface area contributed by atoms with Crippen molar-refractivity contribution in [3.63, 3.8) is 0 Å². The van der Waals surface area contributed by atoms with E-state index in [1.54, 1.807) is 0 Å². The van der Waals surface area contributed by atoms with E-state index >= 15 is 0 Å². The molecule has 0 bridgehead atoms. The Morgan fingerprint density at radius 2 is 2.00 bits per heavy atom. The van der Waals surface area contributed by atoms with Crippen molar-refractivity contribution in [3.8, 4) is 17.0 Å². The molecule has 0 saturated heterocycles. The third kappa shape index (κ3) is 1.47. The molecule has 0 aliphatic carbocycles. The molecule has 3 rings (SSSR count). The zero-order chi connectivity index (χ0) is 12.8. The summed E-state index contributed by atoms with van der Waals surface area (Å²) in [5, 5.41) is 0. The van der Waals surface area contributed by atoms with Gasteiger partial charge in [0.1, 0.15) is 6.61 Å². The summed E-state index contributed by atoms with van der Waals surface area (Å²) in [4.78, 5) is 11.4. The first-order chi connectivity index (χ1) is 8.63. The Bertz CT molecular complexity index is 596. The highest BCUT2D eigenvalue weighted by Gasteiger charge is 2.34. The molecule has 1 aliphatic rings. The van der Waals surface area contributed by atoms with Crippen molar-refractivity contribution in [1.82, 2.24) is 4.57 Å². The fourth-order valence-corrected chi connectivity index (χ4v) is 2.51. The zero-order valence-electron chi connectivity index (χ0n) is 10.5. The maximum Gasteiger partial charge on any atom is 0.195 e. The number of ether oxygens (including phenoxy) is 1. The lowest BCUT2D eigenvalue weighted by Gasteiger charge is -2.19. The summed E-state index contributed by atoms with van der Waals surface area (Å²) in [5.74, 6) is 0.779. The van der Waals surface area contributed by atoms with E-state index in [9.17, 15) is 4.79 Å². The summed E-state index contributed by atoms with van der Waals surface area (Å²) in [6.07, 6.45) is 0.919. The van der Waals surface area contributed by atoms with E-state index in [-0.39, 0.29) is 5.54 Å².